The molecular formula is C12H25N3O. The summed E-state index contributed by atoms with van der Waals surface area (Å²) < 4.78 is 0. The number of amides is 1. The van der Waals surface area contributed by atoms with Crippen LogP contribution in [0.5, 0.6) is 0 Å². The summed E-state index contributed by atoms with van der Waals surface area (Å²) in [7, 11) is 0. The Morgan fingerprint density at radius 1 is 1.44 bits per heavy atom. The molecule has 1 aliphatic heterocycles. The van der Waals surface area contributed by atoms with Gasteiger partial charge in [0.25, 0.3) is 0 Å². The summed E-state index contributed by atoms with van der Waals surface area (Å²) in [6, 6.07) is 0. The fraction of sp³-hybridized carbons (Fsp3) is 0.917. The van der Waals surface area contributed by atoms with Crippen molar-refractivity contribution in [1.29, 1.82) is 0 Å². The minimum Gasteiger partial charge on any atom is -0.356 e. The highest BCUT2D eigenvalue weighted by atomic mass is 16.1. The van der Waals surface area contributed by atoms with Crippen molar-refractivity contribution in [3.63, 3.8) is 0 Å². The Morgan fingerprint density at radius 3 is 2.69 bits per heavy atom. The number of carbonyl (C=O) groups is 1. The van der Waals surface area contributed by atoms with E-state index < -0.39 is 0 Å². The first-order valence-electron chi connectivity index (χ1n) is 6.45. The van der Waals surface area contributed by atoms with Crippen molar-refractivity contribution in [3.8, 4) is 0 Å². The Bertz CT molecular complexity index is 200. The standard InChI is InChI=1S/C12H25N3O/c1-2-14-12(16)6-10-15-8-4-11(3-7-13)5-9-15/h11H,2-10,13H2,1H3,(H,14,16). The molecule has 1 saturated heterocycles. The number of carbonyl (C=O) groups excluding carboxylic acids is 1. The van der Waals surface area contributed by atoms with Crippen molar-refractivity contribution in [3.05, 3.63) is 0 Å². The van der Waals surface area contributed by atoms with Gasteiger partial charge >= 0.3 is 0 Å². The lowest BCUT2D eigenvalue weighted by Crippen LogP contribution is -2.37. The van der Waals surface area contributed by atoms with Crippen LogP contribution in [0.2, 0.25) is 0 Å². The summed E-state index contributed by atoms with van der Waals surface area (Å²) in [6.07, 6.45) is 4.28. The van der Waals surface area contributed by atoms with Crippen molar-refractivity contribution in [2.75, 3.05) is 32.7 Å². The largest absolute Gasteiger partial charge is 0.356 e. The number of nitrogens with two attached hydrogens (primary N) is 1. The lowest BCUT2D eigenvalue weighted by Gasteiger charge is -2.31. The second-order valence-electron chi connectivity index (χ2n) is 4.57. The molecule has 1 aliphatic rings. The summed E-state index contributed by atoms with van der Waals surface area (Å²) in [5.41, 5.74) is 5.56. The molecule has 0 radical (unpaired) electrons. The molecule has 0 aromatic rings. The molecule has 0 unspecified atom stereocenters. The zero-order valence-electron chi connectivity index (χ0n) is 10.4. The minimum atomic E-state index is 0.173. The third-order valence-corrected chi connectivity index (χ3v) is 3.31. The van der Waals surface area contributed by atoms with Gasteiger partial charge in [-0.1, -0.05) is 0 Å². The highest BCUT2D eigenvalue weighted by molar-refractivity contribution is 5.75. The van der Waals surface area contributed by atoms with E-state index in [2.05, 4.69) is 10.2 Å². The van der Waals surface area contributed by atoms with Gasteiger partial charge in [-0.15, -0.1) is 0 Å². The number of nitrogens with zero attached hydrogens (tertiary/aromatic N) is 1. The van der Waals surface area contributed by atoms with Gasteiger partial charge in [-0.3, -0.25) is 4.79 Å². The molecule has 1 heterocycles. The van der Waals surface area contributed by atoms with Gasteiger partial charge in [-0.05, 0) is 51.7 Å². The predicted molar refractivity (Wildman–Crippen MR) is 66.1 cm³/mol. The van der Waals surface area contributed by atoms with Crippen molar-refractivity contribution in [2.45, 2.75) is 32.6 Å². The maximum Gasteiger partial charge on any atom is 0.221 e. The summed E-state index contributed by atoms with van der Waals surface area (Å²) in [5.74, 6) is 0.984. The zero-order valence-corrected chi connectivity index (χ0v) is 10.4. The van der Waals surface area contributed by atoms with E-state index in [-0.39, 0.29) is 5.91 Å². The average Bonchev–Trinajstić information content (AvgIpc) is 2.29. The van der Waals surface area contributed by atoms with Crippen molar-refractivity contribution in [1.82, 2.24) is 10.2 Å². The normalized spacial score (nSPS) is 18.6. The van der Waals surface area contributed by atoms with Crippen molar-refractivity contribution >= 4 is 5.91 Å². The van der Waals surface area contributed by atoms with Crippen LogP contribution < -0.4 is 11.1 Å². The SMILES string of the molecule is CCNC(=O)CCN1CCC(CCN)CC1. The average molecular weight is 227 g/mol. The van der Waals surface area contributed by atoms with E-state index >= 15 is 0 Å². The molecule has 0 atom stereocenters. The molecule has 0 bridgehead atoms. The second-order valence-corrected chi connectivity index (χ2v) is 4.57. The van der Waals surface area contributed by atoms with Crippen LogP contribution in [0, 0.1) is 5.92 Å². The third kappa shape index (κ3) is 4.94. The maximum absolute atomic E-state index is 11.3. The Labute approximate surface area is 98.6 Å². The quantitative estimate of drug-likeness (QED) is 0.697. The summed E-state index contributed by atoms with van der Waals surface area (Å²) >= 11 is 0. The predicted octanol–water partition coefficient (Wildman–Crippen LogP) is 0.573. The van der Waals surface area contributed by atoms with Gasteiger partial charge < -0.3 is 16.0 Å². The van der Waals surface area contributed by atoms with E-state index in [1.807, 2.05) is 6.92 Å². The molecule has 1 fully saturated rings. The Morgan fingerprint density at radius 2 is 2.12 bits per heavy atom. The van der Waals surface area contributed by atoms with Crippen LogP contribution in [0.25, 0.3) is 0 Å². The lowest BCUT2D eigenvalue weighted by atomic mass is 9.93. The van der Waals surface area contributed by atoms with E-state index in [1.165, 1.54) is 12.8 Å². The third-order valence-electron chi connectivity index (χ3n) is 3.31. The molecule has 3 N–H and O–H groups in total. The topological polar surface area (TPSA) is 58.4 Å². The van der Waals surface area contributed by atoms with E-state index in [9.17, 15) is 4.79 Å². The number of likely N-dealkylation sites (tertiary alicyclic amines) is 1. The van der Waals surface area contributed by atoms with E-state index in [4.69, 9.17) is 5.73 Å². The number of rotatable bonds is 6. The van der Waals surface area contributed by atoms with Crippen molar-refractivity contribution < 1.29 is 4.79 Å². The molecule has 0 aromatic carbocycles. The Kier molecular flexibility index (Phi) is 6.42. The molecule has 4 heteroatoms. The second kappa shape index (κ2) is 7.63. The highest BCUT2D eigenvalue weighted by Gasteiger charge is 2.18. The molecule has 1 rings (SSSR count). The fourth-order valence-corrected chi connectivity index (χ4v) is 2.28. The smallest absolute Gasteiger partial charge is 0.221 e. The molecule has 0 aliphatic carbocycles. The van der Waals surface area contributed by atoms with Gasteiger partial charge in [0, 0.05) is 19.5 Å². The van der Waals surface area contributed by atoms with Crippen LogP contribution in [0.15, 0.2) is 0 Å². The molecular weight excluding hydrogens is 202 g/mol. The number of hydrogen-bond donors (Lipinski definition) is 2. The molecule has 0 spiro atoms. The number of hydrogen-bond acceptors (Lipinski definition) is 3. The highest BCUT2D eigenvalue weighted by Crippen LogP contribution is 2.19. The summed E-state index contributed by atoms with van der Waals surface area (Å²) in [5, 5.41) is 2.83. The Hall–Kier alpha value is -0.610. The summed E-state index contributed by atoms with van der Waals surface area (Å²) in [6.45, 7) is 6.66. The minimum absolute atomic E-state index is 0.173. The van der Waals surface area contributed by atoms with Crippen LogP contribution in [0.1, 0.15) is 32.6 Å². The van der Waals surface area contributed by atoms with Gasteiger partial charge in [0.05, 0.1) is 0 Å². The number of piperidine rings is 1. The van der Waals surface area contributed by atoms with Gasteiger partial charge in [0.1, 0.15) is 0 Å². The van der Waals surface area contributed by atoms with Gasteiger partial charge in [-0.2, -0.15) is 0 Å². The maximum atomic E-state index is 11.3. The van der Waals surface area contributed by atoms with Gasteiger partial charge in [0.15, 0.2) is 0 Å². The zero-order chi connectivity index (χ0) is 11.8. The molecule has 16 heavy (non-hydrogen) atoms. The molecule has 0 saturated carbocycles. The van der Waals surface area contributed by atoms with Crippen LogP contribution in [0.4, 0.5) is 0 Å². The van der Waals surface area contributed by atoms with E-state index in [1.54, 1.807) is 0 Å². The Balaban J connectivity index is 2.10. The lowest BCUT2D eigenvalue weighted by molar-refractivity contribution is -0.121. The van der Waals surface area contributed by atoms with E-state index in [0.29, 0.717) is 6.42 Å². The molecule has 4 nitrogen and oxygen atoms in total. The summed E-state index contributed by atoms with van der Waals surface area (Å²) in [4.78, 5) is 13.7. The molecule has 0 aromatic heterocycles. The number of nitrogens with one attached hydrogen (secondary N) is 1. The van der Waals surface area contributed by atoms with Gasteiger partial charge in [-0.25, -0.2) is 0 Å². The first-order chi connectivity index (χ1) is 7.76. The van der Waals surface area contributed by atoms with Crippen LogP contribution in [0.3, 0.4) is 0 Å². The van der Waals surface area contributed by atoms with Crippen LogP contribution in [-0.4, -0.2) is 43.5 Å². The van der Waals surface area contributed by atoms with Crippen LogP contribution >= 0.6 is 0 Å². The first-order valence-corrected chi connectivity index (χ1v) is 6.45. The van der Waals surface area contributed by atoms with Crippen LogP contribution in [-0.2, 0) is 4.79 Å². The first kappa shape index (κ1) is 13.5. The van der Waals surface area contributed by atoms with Crippen molar-refractivity contribution in [2.24, 2.45) is 11.7 Å². The molecule has 94 valence electrons. The van der Waals surface area contributed by atoms with Gasteiger partial charge in [0.2, 0.25) is 5.91 Å². The van der Waals surface area contributed by atoms with E-state index in [0.717, 1.165) is 45.1 Å². The monoisotopic (exact) mass is 227 g/mol. The molecule has 1 amide bonds. The fourth-order valence-electron chi connectivity index (χ4n) is 2.28.